The molecule has 1 saturated heterocycles. The number of carbonyl (C=O) groups excluding carboxylic acids is 1. The lowest BCUT2D eigenvalue weighted by molar-refractivity contribution is -0.117. The number of aryl methyl sites for hydroxylation is 1. The van der Waals surface area contributed by atoms with Gasteiger partial charge in [-0.15, -0.1) is 0 Å². The molecule has 4 nitrogen and oxygen atoms in total. The fraction of sp³-hybridized carbons (Fsp3) is 0.192. The number of rotatable bonds is 4. The number of fused-ring (bicyclic) bond motifs is 3. The van der Waals surface area contributed by atoms with Crippen LogP contribution in [0.2, 0.25) is 0 Å². The molecule has 1 aromatic heterocycles. The van der Waals surface area contributed by atoms with E-state index in [4.69, 9.17) is 0 Å². The van der Waals surface area contributed by atoms with Crippen molar-refractivity contribution in [2.24, 2.45) is 0 Å². The van der Waals surface area contributed by atoms with Gasteiger partial charge in [-0.05, 0) is 43.2 Å². The molecule has 0 bridgehead atoms. The van der Waals surface area contributed by atoms with Crippen LogP contribution in [0.25, 0.3) is 27.9 Å². The molecule has 0 aliphatic carbocycles. The molecule has 4 aromatic rings. The molecule has 1 aliphatic rings. The summed E-state index contributed by atoms with van der Waals surface area (Å²) >= 11 is 0. The monoisotopic (exact) mass is 395 g/mol. The molecule has 1 fully saturated rings. The van der Waals surface area contributed by atoms with E-state index in [-0.39, 0.29) is 11.9 Å². The van der Waals surface area contributed by atoms with Crippen LogP contribution >= 0.6 is 0 Å². The van der Waals surface area contributed by atoms with Crippen LogP contribution in [0.4, 0.5) is 5.69 Å². The third-order valence-corrected chi connectivity index (χ3v) is 5.88. The second-order valence-electron chi connectivity index (χ2n) is 7.83. The molecule has 150 valence electrons. The van der Waals surface area contributed by atoms with Gasteiger partial charge in [0, 0.05) is 40.6 Å². The predicted molar refractivity (Wildman–Crippen MR) is 125 cm³/mol. The van der Waals surface area contributed by atoms with Gasteiger partial charge in [0.05, 0.1) is 6.04 Å². The van der Waals surface area contributed by atoms with Crippen LogP contribution in [-0.4, -0.2) is 23.1 Å². The smallest absolute Gasteiger partial charge is 0.241 e. The summed E-state index contributed by atoms with van der Waals surface area (Å²) in [7, 11) is 0. The Hall–Kier alpha value is -3.37. The second kappa shape index (κ2) is 7.81. The number of anilines is 1. The number of carbonyl (C=O) groups is 1. The molecule has 0 radical (unpaired) electrons. The first-order valence-electron chi connectivity index (χ1n) is 10.5. The number of hydrogen-bond acceptors (Lipinski definition) is 2. The summed E-state index contributed by atoms with van der Waals surface area (Å²) in [5.74, 6) is 0.0186. The van der Waals surface area contributed by atoms with Gasteiger partial charge in [0.15, 0.2) is 0 Å². The maximum atomic E-state index is 12.9. The summed E-state index contributed by atoms with van der Waals surface area (Å²) in [6, 6.07) is 24.7. The van der Waals surface area contributed by atoms with Gasteiger partial charge in [-0.1, -0.05) is 60.2 Å². The first-order chi connectivity index (χ1) is 14.7. The predicted octanol–water partition coefficient (Wildman–Crippen LogP) is 5.20. The van der Waals surface area contributed by atoms with E-state index in [2.05, 4.69) is 76.7 Å². The standard InChI is InChI=1S/C26H25N3O/c1-2-29-24-11-7-6-10-21(24)22-16-20(12-13-25(22)29)28-26(30)23-15-19(17-27-23)14-18-8-4-3-5-9-18/h3-14,16,23,27H,2,15,17H2,1H3,(H,28,30)/t23-/m0/s1. The molecule has 0 spiro atoms. The van der Waals surface area contributed by atoms with Gasteiger partial charge in [-0.25, -0.2) is 0 Å². The largest absolute Gasteiger partial charge is 0.341 e. The summed E-state index contributed by atoms with van der Waals surface area (Å²) in [4.78, 5) is 12.9. The highest BCUT2D eigenvalue weighted by atomic mass is 16.2. The van der Waals surface area contributed by atoms with Gasteiger partial charge in [0.1, 0.15) is 0 Å². The average Bonchev–Trinajstić information content (AvgIpc) is 3.37. The highest BCUT2D eigenvalue weighted by Gasteiger charge is 2.25. The Morgan fingerprint density at radius 1 is 1.03 bits per heavy atom. The Morgan fingerprint density at radius 2 is 1.80 bits per heavy atom. The molecular formula is C26H25N3O. The van der Waals surface area contributed by atoms with Crippen molar-refractivity contribution >= 4 is 39.5 Å². The normalized spacial score (nSPS) is 17.8. The zero-order valence-corrected chi connectivity index (χ0v) is 17.1. The summed E-state index contributed by atoms with van der Waals surface area (Å²) in [6.07, 6.45) is 2.91. The molecule has 1 amide bonds. The molecule has 2 heterocycles. The molecule has 1 aliphatic heterocycles. The first-order valence-corrected chi connectivity index (χ1v) is 10.5. The topological polar surface area (TPSA) is 46.1 Å². The highest BCUT2D eigenvalue weighted by Crippen LogP contribution is 2.31. The molecule has 5 rings (SSSR count). The third-order valence-electron chi connectivity index (χ3n) is 5.88. The van der Waals surface area contributed by atoms with Crippen molar-refractivity contribution in [1.29, 1.82) is 0 Å². The van der Waals surface area contributed by atoms with Crippen LogP contribution in [0.15, 0.2) is 78.4 Å². The Labute approximate surface area is 176 Å². The van der Waals surface area contributed by atoms with Gasteiger partial charge >= 0.3 is 0 Å². The molecule has 30 heavy (non-hydrogen) atoms. The first kappa shape index (κ1) is 18.6. The van der Waals surface area contributed by atoms with E-state index >= 15 is 0 Å². The number of amides is 1. The fourth-order valence-electron chi connectivity index (χ4n) is 4.44. The third kappa shape index (κ3) is 3.40. The van der Waals surface area contributed by atoms with Crippen molar-refractivity contribution in [2.75, 3.05) is 11.9 Å². The van der Waals surface area contributed by atoms with E-state index in [1.165, 1.54) is 32.9 Å². The van der Waals surface area contributed by atoms with Gasteiger partial charge in [0.2, 0.25) is 5.91 Å². The molecule has 3 aromatic carbocycles. The number of benzene rings is 3. The average molecular weight is 396 g/mol. The SMILES string of the molecule is CCn1c2ccccc2c2cc(NC(=O)[C@@H]3CC(=Cc4ccccc4)CN3)ccc21. The van der Waals surface area contributed by atoms with Crippen LogP contribution in [0.5, 0.6) is 0 Å². The Bertz CT molecular complexity index is 1250. The van der Waals surface area contributed by atoms with Gasteiger partial charge < -0.3 is 15.2 Å². The summed E-state index contributed by atoms with van der Waals surface area (Å²) < 4.78 is 2.31. The molecule has 2 N–H and O–H groups in total. The molecule has 0 saturated carbocycles. The van der Waals surface area contributed by atoms with E-state index in [1.54, 1.807) is 0 Å². The Morgan fingerprint density at radius 3 is 2.63 bits per heavy atom. The van der Waals surface area contributed by atoms with Gasteiger partial charge in [0.25, 0.3) is 0 Å². The van der Waals surface area contributed by atoms with Gasteiger partial charge in [-0.2, -0.15) is 0 Å². The minimum atomic E-state index is -0.201. The lowest BCUT2D eigenvalue weighted by atomic mass is 10.1. The van der Waals surface area contributed by atoms with E-state index in [1.807, 2.05) is 24.3 Å². The summed E-state index contributed by atoms with van der Waals surface area (Å²) in [5.41, 5.74) is 5.69. The number of para-hydroxylation sites is 1. The highest BCUT2D eigenvalue weighted by molar-refractivity contribution is 6.10. The van der Waals surface area contributed by atoms with Crippen LogP contribution < -0.4 is 10.6 Å². The van der Waals surface area contributed by atoms with Crippen molar-refractivity contribution < 1.29 is 4.79 Å². The van der Waals surface area contributed by atoms with Crippen LogP contribution in [0, 0.1) is 0 Å². The van der Waals surface area contributed by atoms with Crippen LogP contribution in [0.3, 0.4) is 0 Å². The van der Waals surface area contributed by atoms with E-state index < -0.39 is 0 Å². The minimum Gasteiger partial charge on any atom is -0.341 e. The number of nitrogens with zero attached hydrogens (tertiary/aromatic N) is 1. The molecule has 4 heteroatoms. The van der Waals surface area contributed by atoms with E-state index in [0.29, 0.717) is 0 Å². The van der Waals surface area contributed by atoms with E-state index in [9.17, 15) is 4.79 Å². The van der Waals surface area contributed by atoms with Crippen molar-refractivity contribution in [3.05, 3.63) is 83.9 Å². The maximum Gasteiger partial charge on any atom is 0.241 e. The summed E-state index contributed by atoms with van der Waals surface area (Å²) in [6.45, 7) is 3.82. The zero-order chi connectivity index (χ0) is 20.5. The number of nitrogens with one attached hydrogen (secondary N) is 2. The summed E-state index contributed by atoms with van der Waals surface area (Å²) in [5, 5.41) is 8.85. The quantitative estimate of drug-likeness (QED) is 0.499. The van der Waals surface area contributed by atoms with Gasteiger partial charge in [-0.3, -0.25) is 4.79 Å². The Balaban J connectivity index is 1.36. The lowest BCUT2D eigenvalue weighted by Crippen LogP contribution is -2.35. The van der Waals surface area contributed by atoms with Crippen LogP contribution in [-0.2, 0) is 11.3 Å². The molecular weight excluding hydrogens is 370 g/mol. The Kier molecular flexibility index (Phi) is 4.85. The van der Waals surface area contributed by atoms with Crippen molar-refractivity contribution in [2.45, 2.75) is 25.9 Å². The number of hydrogen-bond donors (Lipinski definition) is 2. The second-order valence-corrected chi connectivity index (χ2v) is 7.83. The molecule has 1 atom stereocenters. The van der Waals surface area contributed by atoms with E-state index in [0.717, 1.165) is 25.2 Å². The van der Waals surface area contributed by atoms with Crippen LogP contribution in [0.1, 0.15) is 18.9 Å². The van der Waals surface area contributed by atoms with Crippen molar-refractivity contribution in [3.63, 3.8) is 0 Å². The fourth-order valence-corrected chi connectivity index (χ4v) is 4.44. The lowest BCUT2D eigenvalue weighted by Gasteiger charge is -2.11. The number of aromatic nitrogens is 1. The minimum absolute atomic E-state index is 0.0186. The van der Waals surface area contributed by atoms with Crippen molar-refractivity contribution in [1.82, 2.24) is 9.88 Å². The van der Waals surface area contributed by atoms with Crippen molar-refractivity contribution in [3.8, 4) is 0 Å². The maximum absolute atomic E-state index is 12.9. The molecule has 0 unspecified atom stereocenters. The zero-order valence-electron chi connectivity index (χ0n) is 17.1.